The summed E-state index contributed by atoms with van der Waals surface area (Å²) < 4.78 is 0. The van der Waals surface area contributed by atoms with Crippen LogP contribution in [-0.4, -0.2) is 22.7 Å². The van der Waals surface area contributed by atoms with E-state index in [1.807, 2.05) is 11.8 Å². The summed E-state index contributed by atoms with van der Waals surface area (Å²) in [5.74, 6) is 1.60. The van der Waals surface area contributed by atoms with Crippen LogP contribution in [0, 0.1) is 5.92 Å². The Kier molecular flexibility index (Phi) is 5.30. The van der Waals surface area contributed by atoms with Crippen molar-refractivity contribution in [2.24, 2.45) is 5.92 Å². The maximum Gasteiger partial charge on any atom is 0.0521 e. The molecular weight excluding hydrogens is 132 g/mol. The predicted octanol–water partition coefficient (Wildman–Crippen LogP) is 1.76. The van der Waals surface area contributed by atoms with Crippen molar-refractivity contribution in [2.75, 3.05) is 12.4 Å². The van der Waals surface area contributed by atoms with Gasteiger partial charge in [0.15, 0.2) is 0 Å². The molecule has 1 N–H and O–H groups in total. The first-order valence-electron chi connectivity index (χ1n) is 3.41. The van der Waals surface area contributed by atoms with E-state index in [0.29, 0.717) is 11.9 Å². The van der Waals surface area contributed by atoms with E-state index in [4.69, 9.17) is 5.11 Å². The van der Waals surface area contributed by atoms with Crippen LogP contribution in [-0.2, 0) is 0 Å². The van der Waals surface area contributed by atoms with Gasteiger partial charge in [-0.25, -0.2) is 0 Å². The van der Waals surface area contributed by atoms with Gasteiger partial charge in [0.05, 0.1) is 6.61 Å². The van der Waals surface area contributed by atoms with Crippen molar-refractivity contribution < 1.29 is 5.11 Å². The van der Waals surface area contributed by atoms with Gasteiger partial charge in [-0.15, -0.1) is 0 Å². The first kappa shape index (κ1) is 9.31. The van der Waals surface area contributed by atoms with Crippen LogP contribution in [0.2, 0.25) is 0 Å². The van der Waals surface area contributed by atoms with Gasteiger partial charge in [0.1, 0.15) is 0 Å². The molecule has 1 unspecified atom stereocenters. The Morgan fingerprint density at radius 3 is 2.22 bits per heavy atom. The van der Waals surface area contributed by atoms with Crippen LogP contribution in [0.4, 0.5) is 0 Å². The second-order valence-electron chi connectivity index (χ2n) is 2.54. The van der Waals surface area contributed by atoms with E-state index in [1.54, 1.807) is 0 Å². The molecule has 0 saturated heterocycles. The molecule has 0 radical (unpaired) electrons. The molecule has 0 aromatic rings. The van der Waals surface area contributed by atoms with Crippen molar-refractivity contribution in [2.45, 2.75) is 26.0 Å². The van der Waals surface area contributed by atoms with Gasteiger partial charge in [-0.2, -0.15) is 11.8 Å². The van der Waals surface area contributed by atoms with Gasteiger partial charge in [-0.05, 0) is 5.92 Å². The summed E-state index contributed by atoms with van der Waals surface area (Å²) in [4.78, 5) is 0. The van der Waals surface area contributed by atoms with Crippen molar-refractivity contribution in [3.8, 4) is 0 Å². The third-order valence-corrected chi connectivity index (χ3v) is 2.90. The molecule has 0 aliphatic heterocycles. The van der Waals surface area contributed by atoms with E-state index in [9.17, 15) is 0 Å². The van der Waals surface area contributed by atoms with Crippen LogP contribution < -0.4 is 0 Å². The minimum atomic E-state index is 0.307. The van der Waals surface area contributed by atoms with E-state index in [0.717, 1.165) is 11.7 Å². The summed E-state index contributed by atoms with van der Waals surface area (Å²) in [6.07, 6.45) is 0. The molecule has 56 valence electrons. The lowest BCUT2D eigenvalue weighted by atomic mass is 10.2. The molecule has 1 atom stereocenters. The Morgan fingerprint density at radius 1 is 1.33 bits per heavy atom. The zero-order valence-electron chi connectivity index (χ0n) is 6.42. The van der Waals surface area contributed by atoms with Crippen LogP contribution in [0.1, 0.15) is 20.8 Å². The Bertz CT molecular complexity index is 63.9. The molecule has 0 aromatic carbocycles. The van der Waals surface area contributed by atoms with Crippen molar-refractivity contribution in [3.63, 3.8) is 0 Å². The average Bonchev–Trinajstić information content (AvgIpc) is 1.82. The number of hydrogen-bond acceptors (Lipinski definition) is 2. The van der Waals surface area contributed by atoms with E-state index in [1.165, 1.54) is 0 Å². The molecule has 1 nitrogen and oxygen atoms in total. The summed E-state index contributed by atoms with van der Waals surface area (Å²) in [7, 11) is 0. The normalized spacial score (nSPS) is 14.3. The molecule has 2 heteroatoms. The molecule has 0 saturated carbocycles. The minimum absolute atomic E-state index is 0.307. The molecule has 0 fully saturated rings. The van der Waals surface area contributed by atoms with Crippen molar-refractivity contribution >= 4 is 11.8 Å². The van der Waals surface area contributed by atoms with Gasteiger partial charge in [0.2, 0.25) is 0 Å². The van der Waals surface area contributed by atoms with E-state index < -0.39 is 0 Å². The fourth-order valence-electron chi connectivity index (χ4n) is 0.431. The number of thioether (sulfide) groups is 1. The van der Waals surface area contributed by atoms with Crippen LogP contribution in [0.15, 0.2) is 0 Å². The second-order valence-corrected chi connectivity index (χ2v) is 4.03. The van der Waals surface area contributed by atoms with E-state index >= 15 is 0 Å². The summed E-state index contributed by atoms with van der Waals surface area (Å²) in [6.45, 7) is 6.91. The molecule has 0 aliphatic rings. The lowest BCUT2D eigenvalue weighted by Gasteiger charge is -2.13. The van der Waals surface area contributed by atoms with Gasteiger partial charge >= 0.3 is 0 Å². The molecule has 0 aliphatic carbocycles. The fourth-order valence-corrected chi connectivity index (χ4v) is 1.29. The molecule has 0 aromatic heterocycles. The third kappa shape index (κ3) is 4.79. The average molecular weight is 148 g/mol. The predicted molar refractivity (Wildman–Crippen MR) is 43.8 cm³/mol. The van der Waals surface area contributed by atoms with Gasteiger partial charge in [0.25, 0.3) is 0 Å². The number of aliphatic hydroxyl groups excluding tert-OH is 1. The maximum absolute atomic E-state index is 8.48. The molecule has 0 spiro atoms. The number of rotatable bonds is 4. The third-order valence-electron chi connectivity index (χ3n) is 1.41. The first-order valence-corrected chi connectivity index (χ1v) is 4.45. The van der Waals surface area contributed by atoms with Gasteiger partial charge < -0.3 is 5.11 Å². The number of hydrogen-bond donors (Lipinski definition) is 1. The molecular formula is C7H16OS. The zero-order chi connectivity index (χ0) is 7.28. The van der Waals surface area contributed by atoms with Gasteiger partial charge in [-0.1, -0.05) is 20.8 Å². The smallest absolute Gasteiger partial charge is 0.0521 e. The Labute approximate surface area is 61.8 Å². The van der Waals surface area contributed by atoms with Crippen LogP contribution in [0.25, 0.3) is 0 Å². The SMILES string of the molecule is CC(C)C(C)SCCO. The highest BCUT2D eigenvalue weighted by molar-refractivity contribution is 7.99. The van der Waals surface area contributed by atoms with Gasteiger partial charge in [0, 0.05) is 11.0 Å². The lowest BCUT2D eigenvalue weighted by molar-refractivity contribution is 0.322. The Balaban J connectivity index is 3.16. The highest BCUT2D eigenvalue weighted by atomic mass is 32.2. The van der Waals surface area contributed by atoms with Crippen LogP contribution in [0.3, 0.4) is 0 Å². The molecule has 0 rings (SSSR count). The summed E-state index contributed by atoms with van der Waals surface area (Å²) in [6, 6.07) is 0. The van der Waals surface area contributed by atoms with E-state index in [-0.39, 0.29) is 0 Å². The molecule has 0 bridgehead atoms. The van der Waals surface area contributed by atoms with Crippen molar-refractivity contribution in [1.29, 1.82) is 0 Å². The first-order chi connectivity index (χ1) is 4.18. The van der Waals surface area contributed by atoms with Crippen molar-refractivity contribution in [3.05, 3.63) is 0 Å². The lowest BCUT2D eigenvalue weighted by Crippen LogP contribution is -2.07. The molecule has 9 heavy (non-hydrogen) atoms. The van der Waals surface area contributed by atoms with Crippen LogP contribution in [0.5, 0.6) is 0 Å². The largest absolute Gasteiger partial charge is 0.396 e. The second kappa shape index (κ2) is 5.12. The zero-order valence-corrected chi connectivity index (χ0v) is 7.24. The van der Waals surface area contributed by atoms with Gasteiger partial charge in [-0.3, -0.25) is 0 Å². The number of aliphatic hydroxyl groups is 1. The maximum atomic E-state index is 8.48. The Morgan fingerprint density at radius 2 is 1.89 bits per heavy atom. The highest BCUT2D eigenvalue weighted by Gasteiger charge is 2.05. The minimum Gasteiger partial charge on any atom is -0.396 e. The van der Waals surface area contributed by atoms with Crippen molar-refractivity contribution in [1.82, 2.24) is 0 Å². The highest BCUT2D eigenvalue weighted by Crippen LogP contribution is 2.17. The quantitative estimate of drug-likeness (QED) is 0.655. The summed E-state index contributed by atoms with van der Waals surface area (Å²) >= 11 is 1.83. The monoisotopic (exact) mass is 148 g/mol. The molecule has 0 amide bonds. The summed E-state index contributed by atoms with van der Waals surface area (Å²) in [5, 5.41) is 9.15. The molecule has 0 heterocycles. The standard InChI is InChI=1S/C7H16OS/c1-6(2)7(3)9-5-4-8/h6-8H,4-5H2,1-3H3. The van der Waals surface area contributed by atoms with E-state index in [2.05, 4.69) is 20.8 Å². The topological polar surface area (TPSA) is 20.2 Å². The van der Waals surface area contributed by atoms with Crippen LogP contribution >= 0.6 is 11.8 Å². The fraction of sp³-hybridized carbons (Fsp3) is 1.00. The Hall–Kier alpha value is 0.310. The summed E-state index contributed by atoms with van der Waals surface area (Å²) in [5.41, 5.74) is 0.